The lowest BCUT2D eigenvalue weighted by Gasteiger charge is -2.10. The van der Waals surface area contributed by atoms with Crippen LogP contribution in [0.1, 0.15) is 41.4 Å². The van der Waals surface area contributed by atoms with Gasteiger partial charge in [0.25, 0.3) is 0 Å². The van der Waals surface area contributed by atoms with Crippen molar-refractivity contribution < 1.29 is 38.1 Å². The van der Waals surface area contributed by atoms with E-state index in [1.807, 2.05) is 0 Å². The minimum Gasteiger partial charge on any atom is -0.458 e. The highest BCUT2D eigenvalue weighted by molar-refractivity contribution is 5.96. The van der Waals surface area contributed by atoms with Gasteiger partial charge < -0.3 is 18.9 Å². The molecule has 144 valence electrons. The second-order valence-corrected chi connectivity index (χ2v) is 5.71. The van der Waals surface area contributed by atoms with Gasteiger partial charge in [0.15, 0.2) is 0 Å². The maximum Gasteiger partial charge on any atom is 0.338 e. The summed E-state index contributed by atoms with van der Waals surface area (Å²) in [6, 6.07) is 11.6. The van der Waals surface area contributed by atoms with Crippen molar-refractivity contribution in [3.05, 3.63) is 70.8 Å². The van der Waals surface area contributed by atoms with E-state index in [-0.39, 0.29) is 48.7 Å². The third kappa shape index (κ3) is 4.73. The van der Waals surface area contributed by atoms with E-state index in [9.17, 15) is 19.2 Å². The Hall–Kier alpha value is -3.68. The van der Waals surface area contributed by atoms with Crippen molar-refractivity contribution in [1.82, 2.24) is 0 Å². The molecule has 0 amide bonds. The van der Waals surface area contributed by atoms with E-state index in [0.29, 0.717) is 0 Å². The first kappa shape index (κ1) is 19.1. The Morgan fingerprint density at radius 1 is 0.464 bits per heavy atom. The molecule has 0 atom stereocenters. The van der Waals surface area contributed by atoms with E-state index in [1.54, 1.807) is 0 Å². The number of rotatable bonds is 0. The molecule has 4 bridgehead atoms. The Morgan fingerprint density at radius 2 is 0.714 bits per heavy atom. The maximum absolute atomic E-state index is 12.1. The van der Waals surface area contributed by atoms with E-state index >= 15 is 0 Å². The topological polar surface area (TPSA) is 105 Å². The molecule has 0 aliphatic carbocycles. The van der Waals surface area contributed by atoms with E-state index in [1.165, 1.54) is 48.5 Å². The zero-order valence-electron chi connectivity index (χ0n) is 14.7. The summed E-state index contributed by atoms with van der Waals surface area (Å²) in [5, 5.41) is 0. The number of hydrogen-bond acceptors (Lipinski definition) is 8. The number of benzene rings is 2. The van der Waals surface area contributed by atoms with E-state index in [4.69, 9.17) is 18.9 Å². The van der Waals surface area contributed by atoms with Gasteiger partial charge in [-0.3, -0.25) is 0 Å². The van der Waals surface area contributed by atoms with Gasteiger partial charge in [0.05, 0.1) is 22.3 Å². The summed E-state index contributed by atoms with van der Waals surface area (Å²) in [4.78, 5) is 48.3. The molecule has 0 radical (unpaired) electrons. The second-order valence-electron chi connectivity index (χ2n) is 5.71. The number of carbonyl (C=O) groups is 4. The first-order chi connectivity index (χ1) is 13.5. The SMILES string of the molecule is O=C1OCCOC(=O)c2cccc(c2)C(=O)OCCOC(=O)c2cccc1c2. The molecule has 0 spiro atoms. The predicted octanol–water partition coefficient (Wildman–Crippen LogP) is 2.03. The van der Waals surface area contributed by atoms with Crippen LogP contribution in [0.25, 0.3) is 0 Å². The molecule has 1 aliphatic heterocycles. The van der Waals surface area contributed by atoms with Gasteiger partial charge in [0.2, 0.25) is 0 Å². The molecule has 1 heterocycles. The van der Waals surface area contributed by atoms with Crippen LogP contribution in [0.5, 0.6) is 0 Å². The molecule has 0 N–H and O–H groups in total. The van der Waals surface area contributed by atoms with Gasteiger partial charge in [0.1, 0.15) is 26.4 Å². The summed E-state index contributed by atoms with van der Waals surface area (Å²) < 4.78 is 20.2. The molecular weight excluding hydrogens is 368 g/mol. The van der Waals surface area contributed by atoms with Crippen molar-refractivity contribution in [2.24, 2.45) is 0 Å². The normalized spacial score (nSPS) is 16.0. The Balaban J connectivity index is 1.78. The van der Waals surface area contributed by atoms with Crippen LogP contribution in [-0.4, -0.2) is 50.3 Å². The molecule has 28 heavy (non-hydrogen) atoms. The average molecular weight is 384 g/mol. The van der Waals surface area contributed by atoms with Crippen LogP contribution >= 0.6 is 0 Å². The molecule has 2 aromatic rings. The van der Waals surface area contributed by atoms with Gasteiger partial charge in [-0.05, 0) is 36.4 Å². The fourth-order valence-electron chi connectivity index (χ4n) is 2.42. The van der Waals surface area contributed by atoms with Crippen LogP contribution in [0.2, 0.25) is 0 Å². The van der Waals surface area contributed by atoms with Crippen molar-refractivity contribution in [3.63, 3.8) is 0 Å². The molecule has 1 aliphatic rings. The van der Waals surface area contributed by atoms with Gasteiger partial charge in [-0.2, -0.15) is 0 Å². The fraction of sp³-hybridized carbons (Fsp3) is 0.200. The standard InChI is InChI=1S/C20H16O8/c21-17-13-3-1-4-14(11-13)18(22)26-8-10-28-20(24)16-6-2-5-15(12-16)19(23)27-9-7-25-17/h1-6,11-12H,7-10H2. The van der Waals surface area contributed by atoms with Crippen LogP contribution in [0, 0.1) is 0 Å². The molecular formula is C20H16O8. The Kier molecular flexibility index (Phi) is 6.01. The largest absolute Gasteiger partial charge is 0.458 e. The van der Waals surface area contributed by atoms with E-state index < -0.39 is 23.9 Å². The molecule has 0 unspecified atom stereocenters. The molecule has 2 aromatic carbocycles. The lowest BCUT2D eigenvalue weighted by atomic mass is 10.1. The van der Waals surface area contributed by atoms with Gasteiger partial charge in [-0.25, -0.2) is 19.2 Å². The van der Waals surface area contributed by atoms with Crippen molar-refractivity contribution in [2.45, 2.75) is 0 Å². The summed E-state index contributed by atoms with van der Waals surface area (Å²) in [6.07, 6.45) is 0. The van der Waals surface area contributed by atoms with Crippen LogP contribution in [0.3, 0.4) is 0 Å². The zero-order valence-corrected chi connectivity index (χ0v) is 14.7. The van der Waals surface area contributed by atoms with Crippen LogP contribution in [0.4, 0.5) is 0 Å². The number of fused-ring (bicyclic) bond motifs is 4. The maximum atomic E-state index is 12.1. The van der Waals surface area contributed by atoms with Crippen molar-refractivity contribution in [3.8, 4) is 0 Å². The number of ether oxygens (including phenoxy) is 4. The van der Waals surface area contributed by atoms with Gasteiger partial charge >= 0.3 is 23.9 Å². The monoisotopic (exact) mass is 384 g/mol. The average Bonchev–Trinajstić information content (AvgIpc) is 2.73. The number of cyclic esters (lactones) is 4. The molecule has 0 fully saturated rings. The molecule has 0 saturated carbocycles. The minimum absolute atomic E-state index is 0.154. The number of hydrogen-bond donors (Lipinski definition) is 0. The third-order valence-corrected chi connectivity index (χ3v) is 3.77. The van der Waals surface area contributed by atoms with Gasteiger partial charge in [0, 0.05) is 0 Å². The summed E-state index contributed by atoms with van der Waals surface area (Å²) >= 11 is 0. The molecule has 8 nitrogen and oxygen atoms in total. The van der Waals surface area contributed by atoms with Crippen molar-refractivity contribution >= 4 is 23.9 Å². The Morgan fingerprint density at radius 3 is 0.964 bits per heavy atom. The minimum atomic E-state index is -0.664. The summed E-state index contributed by atoms with van der Waals surface area (Å²) in [5.74, 6) is -2.66. The van der Waals surface area contributed by atoms with Crippen LogP contribution in [0.15, 0.2) is 48.5 Å². The highest BCUT2D eigenvalue weighted by Gasteiger charge is 2.16. The lowest BCUT2D eigenvalue weighted by molar-refractivity contribution is 0.0254. The summed E-state index contributed by atoms with van der Waals surface area (Å²) in [5.41, 5.74) is 0.615. The van der Waals surface area contributed by atoms with E-state index in [0.717, 1.165) is 0 Å². The third-order valence-electron chi connectivity index (χ3n) is 3.77. The number of carbonyl (C=O) groups excluding carboxylic acids is 4. The smallest absolute Gasteiger partial charge is 0.338 e. The highest BCUT2D eigenvalue weighted by Crippen LogP contribution is 2.11. The molecule has 0 aromatic heterocycles. The van der Waals surface area contributed by atoms with Crippen LogP contribution in [-0.2, 0) is 18.9 Å². The lowest BCUT2D eigenvalue weighted by Crippen LogP contribution is -2.17. The quantitative estimate of drug-likeness (QED) is 0.502. The Labute approximate surface area is 160 Å². The molecule has 3 rings (SSSR count). The van der Waals surface area contributed by atoms with Crippen molar-refractivity contribution in [2.75, 3.05) is 26.4 Å². The summed E-state index contributed by atoms with van der Waals surface area (Å²) in [7, 11) is 0. The van der Waals surface area contributed by atoms with Crippen molar-refractivity contribution in [1.29, 1.82) is 0 Å². The van der Waals surface area contributed by atoms with Crippen LogP contribution < -0.4 is 0 Å². The molecule has 8 heteroatoms. The first-order valence-electron chi connectivity index (χ1n) is 8.43. The molecule has 0 saturated heterocycles. The van der Waals surface area contributed by atoms with Gasteiger partial charge in [-0.15, -0.1) is 0 Å². The Bertz CT molecular complexity index is 776. The fourth-order valence-corrected chi connectivity index (χ4v) is 2.42. The highest BCUT2D eigenvalue weighted by atomic mass is 16.6. The van der Waals surface area contributed by atoms with Gasteiger partial charge in [-0.1, -0.05) is 12.1 Å². The summed E-state index contributed by atoms with van der Waals surface area (Å²) in [6.45, 7) is -0.663. The zero-order chi connectivity index (χ0) is 19.9. The first-order valence-corrected chi connectivity index (χ1v) is 8.43. The second kappa shape index (κ2) is 8.81. The predicted molar refractivity (Wildman–Crippen MR) is 94.0 cm³/mol. The number of esters is 4. The van der Waals surface area contributed by atoms with E-state index in [2.05, 4.69) is 0 Å².